The molecule has 176 valence electrons. The van der Waals surface area contributed by atoms with E-state index < -0.39 is 0 Å². The maximum absolute atomic E-state index is 13.5. The van der Waals surface area contributed by atoms with Crippen molar-refractivity contribution in [3.05, 3.63) is 88.7 Å². The molecule has 0 saturated carbocycles. The number of fused-ring (bicyclic) bond motifs is 1. The number of hydrogen-bond donors (Lipinski definition) is 1. The number of nitrogens with zero attached hydrogens (tertiary/aromatic N) is 3. The van der Waals surface area contributed by atoms with Gasteiger partial charge in [-0.05, 0) is 68.7 Å². The molecule has 1 atom stereocenters. The van der Waals surface area contributed by atoms with Crippen LogP contribution in [0.25, 0.3) is 12.3 Å². The van der Waals surface area contributed by atoms with Gasteiger partial charge < -0.3 is 10.2 Å². The molecule has 1 amide bonds. The van der Waals surface area contributed by atoms with Gasteiger partial charge in [-0.3, -0.25) is 4.79 Å². The Morgan fingerprint density at radius 2 is 1.74 bits per heavy atom. The highest BCUT2D eigenvalue weighted by molar-refractivity contribution is 5.94. The van der Waals surface area contributed by atoms with E-state index in [-0.39, 0.29) is 5.91 Å². The lowest BCUT2D eigenvalue weighted by atomic mass is 9.90. The van der Waals surface area contributed by atoms with Crippen LogP contribution >= 0.6 is 0 Å². The number of carbonyl (C=O) groups excluding carboxylic acids is 1. The first kappa shape index (κ1) is 22.6. The number of aromatic nitrogens is 2. The van der Waals surface area contributed by atoms with E-state index in [1.54, 1.807) is 0 Å². The van der Waals surface area contributed by atoms with Crippen molar-refractivity contribution in [3.63, 3.8) is 0 Å². The highest BCUT2D eigenvalue weighted by atomic mass is 16.2. The van der Waals surface area contributed by atoms with Crippen LogP contribution < -0.4 is 5.32 Å². The average Bonchev–Trinajstić information content (AvgIpc) is 3.26. The molecule has 2 aliphatic rings. The molecule has 0 spiro atoms. The fourth-order valence-electron chi connectivity index (χ4n) is 5.15. The maximum Gasteiger partial charge on any atom is 0.274 e. The minimum absolute atomic E-state index is 0.104. The third-order valence-corrected chi connectivity index (χ3v) is 7.04. The van der Waals surface area contributed by atoms with Crippen LogP contribution in [0.2, 0.25) is 0 Å². The Bertz CT molecular complexity index is 1110. The Morgan fingerprint density at radius 3 is 2.50 bits per heavy atom. The highest BCUT2D eigenvalue weighted by Crippen LogP contribution is 2.27. The van der Waals surface area contributed by atoms with Crippen LogP contribution in [0.15, 0.2) is 60.7 Å². The Morgan fingerprint density at radius 1 is 1.00 bits per heavy atom. The molecule has 1 aliphatic carbocycles. The smallest absolute Gasteiger partial charge is 0.274 e. The molecule has 0 radical (unpaired) electrons. The van der Waals surface area contributed by atoms with E-state index in [0.717, 1.165) is 69.3 Å². The highest BCUT2D eigenvalue weighted by Gasteiger charge is 2.31. The monoisotopic (exact) mass is 454 g/mol. The Kier molecular flexibility index (Phi) is 7.20. The summed E-state index contributed by atoms with van der Waals surface area (Å²) >= 11 is 0. The van der Waals surface area contributed by atoms with Gasteiger partial charge in [-0.25, -0.2) is 4.68 Å². The summed E-state index contributed by atoms with van der Waals surface area (Å²) in [7, 11) is 0. The third-order valence-electron chi connectivity index (χ3n) is 7.04. The minimum atomic E-state index is 0.104. The largest absolute Gasteiger partial charge is 0.337 e. The number of amides is 1. The van der Waals surface area contributed by atoms with Crippen molar-refractivity contribution in [2.24, 2.45) is 0 Å². The predicted molar refractivity (Wildman–Crippen MR) is 138 cm³/mol. The summed E-state index contributed by atoms with van der Waals surface area (Å²) in [5.74, 6) is 0.104. The van der Waals surface area contributed by atoms with Gasteiger partial charge >= 0.3 is 0 Å². The van der Waals surface area contributed by atoms with Gasteiger partial charge in [0.2, 0.25) is 0 Å². The topological polar surface area (TPSA) is 50.2 Å². The minimum Gasteiger partial charge on any atom is -0.337 e. The van der Waals surface area contributed by atoms with Crippen LogP contribution in [0.1, 0.15) is 58.6 Å². The van der Waals surface area contributed by atoms with Gasteiger partial charge in [0.1, 0.15) is 0 Å². The first-order valence-corrected chi connectivity index (χ1v) is 12.7. The van der Waals surface area contributed by atoms with Gasteiger partial charge in [-0.2, -0.15) is 5.10 Å². The average molecular weight is 455 g/mol. The van der Waals surface area contributed by atoms with Crippen molar-refractivity contribution in [2.75, 3.05) is 19.6 Å². The number of nitrogens with one attached hydrogen (secondary N) is 1. The van der Waals surface area contributed by atoms with E-state index in [2.05, 4.69) is 53.9 Å². The second-order valence-electron chi connectivity index (χ2n) is 9.43. The Hall–Kier alpha value is -3.18. The van der Waals surface area contributed by atoms with Crippen molar-refractivity contribution in [1.82, 2.24) is 20.0 Å². The normalized spacial score (nSPS) is 18.2. The molecule has 1 aromatic heterocycles. The van der Waals surface area contributed by atoms with Crippen LogP contribution in [0.5, 0.6) is 0 Å². The second kappa shape index (κ2) is 10.8. The summed E-state index contributed by atoms with van der Waals surface area (Å²) in [6.07, 6.45) is 11.3. The van der Waals surface area contributed by atoms with Crippen molar-refractivity contribution in [3.8, 4) is 0 Å². The number of likely N-dealkylation sites (tertiary alicyclic amines) is 1. The first-order valence-electron chi connectivity index (χ1n) is 12.7. The lowest BCUT2D eigenvalue weighted by Crippen LogP contribution is -2.38. The zero-order valence-corrected chi connectivity index (χ0v) is 19.8. The first-order chi connectivity index (χ1) is 16.8. The molecule has 1 saturated heterocycles. The molecule has 0 bridgehead atoms. The maximum atomic E-state index is 13.5. The molecule has 2 aromatic carbocycles. The van der Waals surface area contributed by atoms with Crippen LogP contribution in [0.4, 0.5) is 0 Å². The van der Waals surface area contributed by atoms with Gasteiger partial charge in [0.25, 0.3) is 5.91 Å². The fraction of sp³-hybridized carbons (Fsp3) is 0.379. The van der Waals surface area contributed by atoms with Crippen molar-refractivity contribution >= 4 is 18.2 Å². The standard InChI is InChI=1S/C29H34N4O/c34-29(32-19-8-3-9-20-32)28-26-22-25(30-18-16-23-10-4-1-5-11-23)14-15-27(26)33(31-28)21-17-24-12-6-2-7-13-24/h1-2,4-7,10-13,17,21,25,30H,3,8-9,14-16,18-20,22H2/b21-17+. The van der Waals surface area contributed by atoms with Gasteiger partial charge in [0.05, 0.1) is 0 Å². The lowest BCUT2D eigenvalue weighted by molar-refractivity contribution is 0.0716. The molecular weight excluding hydrogens is 420 g/mol. The molecule has 5 rings (SSSR count). The fourth-order valence-corrected chi connectivity index (χ4v) is 5.15. The van der Waals surface area contributed by atoms with E-state index in [9.17, 15) is 4.79 Å². The molecule has 5 nitrogen and oxygen atoms in total. The Balaban J connectivity index is 1.35. The molecule has 34 heavy (non-hydrogen) atoms. The number of benzene rings is 2. The summed E-state index contributed by atoms with van der Waals surface area (Å²) in [5.41, 5.74) is 5.47. The summed E-state index contributed by atoms with van der Waals surface area (Å²) in [6.45, 7) is 2.64. The predicted octanol–water partition coefficient (Wildman–Crippen LogP) is 4.83. The van der Waals surface area contributed by atoms with E-state index >= 15 is 0 Å². The number of hydrogen-bond acceptors (Lipinski definition) is 3. The van der Waals surface area contributed by atoms with Crippen LogP contribution in [0, 0.1) is 0 Å². The zero-order chi connectivity index (χ0) is 23.2. The molecule has 1 fully saturated rings. The van der Waals surface area contributed by atoms with Crippen molar-refractivity contribution in [1.29, 1.82) is 0 Å². The molecular formula is C29H34N4O. The molecule has 1 N–H and O–H groups in total. The number of piperidine rings is 1. The van der Waals surface area contributed by atoms with E-state index in [0.29, 0.717) is 11.7 Å². The Labute approximate surface area is 202 Å². The molecule has 5 heteroatoms. The summed E-state index contributed by atoms with van der Waals surface area (Å²) in [4.78, 5) is 15.5. The molecule has 1 aliphatic heterocycles. The summed E-state index contributed by atoms with van der Waals surface area (Å²) in [6, 6.07) is 21.2. The molecule has 2 heterocycles. The molecule has 3 aromatic rings. The quantitative estimate of drug-likeness (QED) is 0.557. The van der Waals surface area contributed by atoms with Gasteiger partial charge in [0, 0.05) is 36.6 Å². The van der Waals surface area contributed by atoms with E-state index in [1.165, 1.54) is 17.7 Å². The van der Waals surface area contributed by atoms with Gasteiger partial charge in [-0.1, -0.05) is 60.7 Å². The number of carbonyl (C=O) groups is 1. The third kappa shape index (κ3) is 5.31. The van der Waals surface area contributed by atoms with Crippen LogP contribution in [-0.4, -0.2) is 46.3 Å². The van der Waals surface area contributed by atoms with Crippen molar-refractivity contribution in [2.45, 2.75) is 51.0 Å². The summed E-state index contributed by atoms with van der Waals surface area (Å²) in [5, 5.41) is 8.60. The van der Waals surface area contributed by atoms with Crippen LogP contribution in [-0.2, 0) is 19.3 Å². The van der Waals surface area contributed by atoms with Gasteiger partial charge in [0.15, 0.2) is 5.69 Å². The zero-order valence-electron chi connectivity index (χ0n) is 19.8. The van der Waals surface area contributed by atoms with Crippen LogP contribution in [0.3, 0.4) is 0 Å². The summed E-state index contributed by atoms with van der Waals surface area (Å²) < 4.78 is 1.96. The van der Waals surface area contributed by atoms with E-state index in [4.69, 9.17) is 5.10 Å². The SMILES string of the molecule is O=C(c1nn(/C=C/c2ccccc2)c2c1CC(NCCc1ccccc1)CC2)N1CCCCC1. The van der Waals surface area contributed by atoms with Crippen molar-refractivity contribution < 1.29 is 4.79 Å². The van der Waals surface area contributed by atoms with Gasteiger partial charge in [-0.15, -0.1) is 0 Å². The number of rotatable bonds is 7. The second-order valence-corrected chi connectivity index (χ2v) is 9.43. The lowest BCUT2D eigenvalue weighted by Gasteiger charge is -2.27. The molecule has 1 unspecified atom stereocenters. The van der Waals surface area contributed by atoms with E-state index in [1.807, 2.05) is 34.0 Å².